The molecule has 6 N–H and O–H groups in total. The first-order valence-corrected chi connectivity index (χ1v) is 8.33. The highest BCUT2D eigenvalue weighted by Gasteiger charge is 2.13. The summed E-state index contributed by atoms with van der Waals surface area (Å²) in [5, 5.41) is 22.6. The molecule has 21 heavy (non-hydrogen) atoms. The summed E-state index contributed by atoms with van der Waals surface area (Å²) in [6, 6.07) is -0.797. The molecule has 0 bridgehead atoms. The summed E-state index contributed by atoms with van der Waals surface area (Å²) >= 11 is 1.66. The van der Waals surface area contributed by atoms with E-state index in [0.717, 1.165) is 18.6 Å². The molecule has 2 atom stereocenters. The van der Waals surface area contributed by atoms with Crippen LogP contribution in [0.5, 0.6) is 0 Å². The fourth-order valence-corrected chi connectivity index (χ4v) is 1.98. The maximum Gasteiger partial charge on any atom is 0.320 e. The van der Waals surface area contributed by atoms with Crippen molar-refractivity contribution < 1.29 is 19.8 Å². The molecule has 0 aliphatic heterocycles. The minimum absolute atomic E-state index is 0.382. The second-order valence-electron chi connectivity index (χ2n) is 4.42. The molecule has 0 aromatic heterocycles. The third-order valence-electron chi connectivity index (χ3n) is 2.85. The summed E-state index contributed by atoms with van der Waals surface area (Å²) in [6.07, 6.45) is 5.07. The predicted octanol–water partition coefficient (Wildman–Crippen LogP) is 0.200. The lowest BCUT2D eigenvalue weighted by Gasteiger charge is -2.09. The fraction of sp³-hybridized carbons (Fsp3) is 0.846. The highest BCUT2D eigenvalue weighted by molar-refractivity contribution is 7.98. The molecule has 0 rings (SSSR count). The van der Waals surface area contributed by atoms with Gasteiger partial charge < -0.3 is 26.6 Å². The number of carboxylic acid groups (broad SMARTS) is 2. The van der Waals surface area contributed by atoms with Crippen molar-refractivity contribution >= 4 is 23.7 Å². The van der Waals surface area contributed by atoms with Gasteiger partial charge in [0.05, 0.1) is 0 Å². The molecule has 0 fully saturated rings. The molecule has 0 saturated heterocycles. The van der Waals surface area contributed by atoms with Crippen molar-refractivity contribution in [2.75, 3.05) is 32.6 Å². The van der Waals surface area contributed by atoms with E-state index in [0.29, 0.717) is 19.4 Å². The van der Waals surface area contributed by atoms with Crippen molar-refractivity contribution in [1.82, 2.24) is 10.6 Å². The van der Waals surface area contributed by atoms with Gasteiger partial charge in [0.2, 0.25) is 0 Å². The lowest BCUT2D eigenvalue weighted by molar-refractivity contribution is -0.140. The SMILES string of the molecule is CN[C@@H](CCCCN)C(=O)O.CN[C@@H](CCSC)C(=O)O. The van der Waals surface area contributed by atoms with Gasteiger partial charge in [-0.05, 0) is 51.9 Å². The standard InChI is InChI=1S/C7H16N2O2.C6H13NO2S/c1-9-6(7(10)11)4-2-3-5-8;1-7-5(6(8)9)3-4-10-2/h6,9H,2-5,8H2,1H3,(H,10,11);5,7H,3-4H2,1-2H3,(H,8,9)/t6-;5-/m00/s1. The van der Waals surface area contributed by atoms with Crippen LogP contribution in [-0.4, -0.2) is 66.9 Å². The number of hydrogen-bond donors (Lipinski definition) is 5. The number of thioether (sulfide) groups is 1. The Labute approximate surface area is 131 Å². The number of unbranched alkanes of at least 4 members (excludes halogenated alkanes) is 1. The molecule has 0 radical (unpaired) electrons. The summed E-state index contributed by atoms with van der Waals surface area (Å²) in [5.41, 5.74) is 5.26. The second-order valence-corrected chi connectivity index (χ2v) is 5.41. The Morgan fingerprint density at radius 1 is 1.05 bits per heavy atom. The Morgan fingerprint density at radius 2 is 1.52 bits per heavy atom. The van der Waals surface area contributed by atoms with Crippen LogP contribution in [-0.2, 0) is 9.59 Å². The van der Waals surface area contributed by atoms with E-state index < -0.39 is 18.0 Å². The topological polar surface area (TPSA) is 125 Å². The summed E-state index contributed by atoms with van der Waals surface area (Å²) in [5.74, 6) is -0.668. The van der Waals surface area contributed by atoms with Crippen LogP contribution in [0.3, 0.4) is 0 Å². The number of hydrogen-bond acceptors (Lipinski definition) is 6. The predicted molar refractivity (Wildman–Crippen MR) is 86.9 cm³/mol. The monoisotopic (exact) mass is 323 g/mol. The molecule has 7 nitrogen and oxygen atoms in total. The molecule has 8 heteroatoms. The molecule has 0 heterocycles. The molecule has 0 amide bonds. The fourth-order valence-electron chi connectivity index (χ4n) is 1.51. The average molecular weight is 323 g/mol. The van der Waals surface area contributed by atoms with Gasteiger partial charge in [0, 0.05) is 0 Å². The van der Waals surface area contributed by atoms with E-state index in [-0.39, 0.29) is 6.04 Å². The zero-order valence-electron chi connectivity index (χ0n) is 13.1. The number of nitrogens with one attached hydrogen (secondary N) is 2. The van der Waals surface area contributed by atoms with E-state index in [1.807, 2.05) is 6.26 Å². The van der Waals surface area contributed by atoms with Crippen LogP contribution in [0.1, 0.15) is 25.7 Å². The Kier molecular flexibility index (Phi) is 16.6. The van der Waals surface area contributed by atoms with Gasteiger partial charge in [-0.1, -0.05) is 6.42 Å². The van der Waals surface area contributed by atoms with Crippen molar-refractivity contribution in [3.63, 3.8) is 0 Å². The molecule has 0 aromatic rings. The third-order valence-corrected chi connectivity index (χ3v) is 3.49. The van der Waals surface area contributed by atoms with E-state index in [9.17, 15) is 9.59 Å². The lowest BCUT2D eigenvalue weighted by Crippen LogP contribution is -2.34. The molecule has 0 aliphatic carbocycles. The number of nitrogens with two attached hydrogens (primary N) is 1. The van der Waals surface area contributed by atoms with E-state index in [1.165, 1.54) is 0 Å². The van der Waals surface area contributed by atoms with Gasteiger partial charge >= 0.3 is 11.9 Å². The highest BCUT2D eigenvalue weighted by atomic mass is 32.2. The molecule has 0 saturated carbocycles. The Balaban J connectivity index is 0. The summed E-state index contributed by atoms with van der Waals surface area (Å²) < 4.78 is 0. The van der Waals surface area contributed by atoms with Crippen molar-refractivity contribution in [3.8, 4) is 0 Å². The number of carboxylic acids is 2. The summed E-state index contributed by atoms with van der Waals surface area (Å²) in [6.45, 7) is 0.635. The Hall–Kier alpha value is -0.830. The maximum atomic E-state index is 10.4. The summed E-state index contributed by atoms with van der Waals surface area (Å²) in [4.78, 5) is 20.8. The minimum Gasteiger partial charge on any atom is -0.480 e. The van der Waals surface area contributed by atoms with Gasteiger partial charge in [0.15, 0.2) is 0 Å². The first kappa shape index (κ1) is 22.5. The van der Waals surface area contributed by atoms with Crippen LogP contribution >= 0.6 is 11.8 Å². The van der Waals surface area contributed by atoms with Crippen LogP contribution in [0.4, 0.5) is 0 Å². The van der Waals surface area contributed by atoms with E-state index >= 15 is 0 Å². The number of aliphatic carboxylic acids is 2. The van der Waals surface area contributed by atoms with Gasteiger partial charge in [-0.15, -0.1) is 0 Å². The third kappa shape index (κ3) is 13.9. The normalized spacial score (nSPS) is 13.0. The van der Waals surface area contributed by atoms with Gasteiger partial charge in [-0.3, -0.25) is 9.59 Å². The largest absolute Gasteiger partial charge is 0.480 e. The number of likely N-dealkylation sites (N-methyl/N-ethyl adjacent to an activating group) is 2. The Morgan fingerprint density at radius 3 is 1.86 bits per heavy atom. The maximum absolute atomic E-state index is 10.4. The summed E-state index contributed by atoms with van der Waals surface area (Å²) in [7, 11) is 3.32. The van der Waals surface area contributed by atoms with Crippen LogP contribution < -0.4 is 16.4 Å². The van der Waals surface area contributed by atoms with Crippen LogP contribution in [0.25, 0.3) is 0 Å². The van der Waals surface area contributed by atoms with Crippen LogP contribution in [0.2, 0.25) is 0 Å². The van der Waals surface area contributed by atoms with Gasteiger partial charge in [-0.25, -0.2) is 0 Å². The first-order chi connectivity index (χ1) is 9.94. The quantitative estimate of drug-likeness (QED) is 0.342. The number of carbonyl (C=O) groups is 2. The molecular formula is C13H29N3O4S. The number of rotatable bonds is 11. The second kappa shape index (κ2) is 15.6. The van der Waals surface area contributed by atoms with Crippen LogP contribution in [0, 0.1) is 0 Å². The van der Waals surface area contributed by atoms with E-state index in [1.54, 1.807) is 25.9 Å². The average Bonchev–Trinajstić information content (AvgIpc) is 2.44. The van der Waals surface area contributed by atoms with Crippen molar-refractivity contribution in [3.05, 3.63) is 0 Å². The zero-order chi connectivity index (χ0) is 16.7. The highest BCUT2D eigenvalue weighted by Crippen LogP contribution is 2.00. The minimum atomic E-state index is -0.787. The van der Waals surface area contributed by atoms with Gasteiger partial charge in [0.1, 0.15) is 12.1 Å². The van der Waals surface area contributed by atoms with Gasteiger partial charge in [-0.2, -0.15) is 11.8 Å². The zero-order valence-corrected chi connectivity index (χ0v) is 13.9. The lowest BCUT2D eigenvalue weighted by atomic mass is 10.1. The molecule has 126 valence electrons. The van der Waals surface area contributed by atoms with Crippen molar-refractivity contribution in [1.29, 1.82) is 0 Å². The molecule has 0 aliphatic rings. The Bertz CT molecular complexity index is 280. The first-order valence-electron chi connectivity index (χ1n) is 6.93. The van der Waals surface area contributed by atoms with E-state index in [4.69, 9.17) is 15.9 Å². The molecule has 0 unspecified atom stereocenters. The van der Waals surface area contributed by atoms with Gasteiger partial charge in [0.25, 0.3) is 0 Å². The van der Waals surface area contributed by atoms with E-state index in [2.05, 4.69) is 10.6 Å². The molecular weight excluding hydrogens is 294 g/mol. The molecule has 0 spiro atoms. The van der Waals surface area contributed by atoms with Crippen molar-refractivity contribution in [2.24, 2.45) is 5.73 Å². The molecule has 0 aromatic carbocycles. The van der Waals surface area contributed by atoms with Crippen LogP contribution in [0.15, 0.2) is 0 Å². The van der Waals surface area contributed by atoms with Crippen molar-refractivity contribution in [2.45, 2.75) is 37.8 Å². The smallest absolute Gasteiger partial charge is 0.320 e.